The van der Waals surface area contributed by atoms with Crippen molar-refractivity contribution in [1.29, 1.82) is 0 Å². The van der Waals surface area contributed by atoms with Crippen LogP contribution in [-0.4, -0.2) is 161 Å². The number of aliphatic hydroxyl groups excluding tert-OH is 1. The fourth-order valence-electron chi connectivity index (χ4n) is 9.30. The molecule has 16 nitrogen and oxygen atoms in total. The molecule has 1 heterocycles. The number of carbonyl (C=O) groups excluding carboxylic acids is 7. The molecule has 18 heteroatoms. The van der Waals surface area contributed by atoms with Crippen LogP contribution in [0.1, 0.15) is 159 Å². The Balaban J connectivity index is 2.33. The van der Waals surface area contributed by atoms with Crippen LogP contribution in [0.25, 0.3) is 0 Å². The number of likely N-dealkylation sites (N-methyl/N-ethyl adjacent to an activating group) is 4. The minimum Gasteiger partial charge on any atom is -0.451 e. The van der Waals surface area contributed by atoms with Crippen molar-refractivity contribution in [1.82, 2.24) is 19.6 Å². The van der Waals surface area contributed by atoms with Crippen molar-refractivity contribution in [3.63, 3.8) is 0 Å². The third kappa shape index (κ3) is 19.4. The number of esters is 3. The highest BCUT2D eigenvalue weighted by molar-refractivity contribution is 5.93. The Kier molecular flexibility index (Phi) is 23.2. The SMILES string of the molecule is CC(C)C[C@H]1C(=O)O[C@H](Cc2ccc(C(C)(C)C)cc2)C(=O)N(C)C(CC(C)(C)F)C(=O)O[C@H](C)C(=O)N(C)[C@@H](CC(C)C)C(O)O[C@H](Cc2ccc(C(C)(C)C)cc2)C(=O)N(C)[C@@H](CC(C)(C)F)C(=O)O[C@H](C)C(=O)N1C. The molecule has 0 aromatic heterocycles. The first-order valence-electron chi connectivity index (χ1n) is 27.2. The molecule has 2 aromatic rings. The number of cyclic esters (lactones) is 3. The maximum absolute atomic E-state index is 15.8. The summed E-state index contributed by atoms with van der Waals surface area (Å²) in [4.78, 5) is 106. The van der Waals surface area contributed by atoms with E-state index in [4.69, 9.17) is 18.9 Å². The van der Waals surface area contributed by atoms with E-state index in [0.29, 0.717) is 11.1 Å². The molecule has 78 heavy (non-hydrogen) atoms. The lowest BCUT2D eigenvalue weighted by Gasteiger charge is -2.38. The molecule has 0 aliphatic carbocycles. The lowest BCUT2D eigenvalue weighted by atomic mass is 9.86. The van der Waals surface area contributed by atoms with Crippen molar-refractivity contribution in [2.24, 2.45) is 11.8 Å². The molecule has 438 valence electrons. The number of amides is 4. The third-order valence-corrected chi connectivity index (χ3v) is 14.1. The number of rotatable bonds is 12. The first-order chi connectivity index (χ1) is 35.6. The average molecular weight is 1100 g/mol. The van der Waals surface area contributed by atoms with Crippen molar-refractivity contribution in [3.05, 3.63) is 70.8 Å². The summed E-state index contributed by atoms with van der Waals surface area (Å²) in [6.45, 7) is 26.9. The number of halogens is 2. The largest absolute Gasteiger partial charge is 0.451 e. The second-order valence-corrected chi connectivity index (χ2v) is 25.4. The van der Waals surface area contributed by atoms with Gasteiger partial charge in [0.1, 0.15) is 35.6 Å². The Hall–Kier alpha value is -5.49. The Morgan fingerprint density at radius 3 is 1.18 bits per heavy atom. The van der Waals surface area contributed by atoms with Gasteiger partial charge in [0.05, 0.1) is 6.04 Å². The number of carbonyl (C=O) groups is 7. The van der Waals surface area contributed by atoms with Crippen molar-refractivity contribution in [2.45, 2.75) is 226 Å². The summed E-state index contributed by atoms with van der Waals surface area (Å²) in [5.41, 5.74) is -1.50. The van der Waals surface area contributed by atoms with E-state index in [1.807, 2.05) is 79.7 Å². The first kappa shape index (κ1) is 66.8. The van der Waals surface area contributed by atoms with Gasteiger partial charge in [-0.2, -0.15) is 0 Å². The maximum atomic E-state index is 15.8. The summed E-state index contributed by atoms with van der Waals surface area (Å²) < 4.78 is 55.6. The average Bonchev–Trinajstić information content (AvgIpc) is 3.32. The summed E-state index contributed by atoms with van der Waals surface area (Å²) in [6.07, 6.45) is -9.82. The highest BCUT2D eigenvalue weighted by Gasteiger charge is 2.44. The number of hydrogen-bond acceptors (Lipinski definition) is 12. The number of hydrogen-bond donors (Lipinski definition) is 1. The molecule has 0 bridgehead atoms. The number of benzene rings is 2. The molecule has 0 spiro atoms. The van der Waals surface area contributed by atoms with Gasteiger partial charge in [-0.15, -0.1) is 0 Å². The molecule has 2 aromatic carbocycles. The third-order valence-electron chi connectivity index (χ3n) is 14.1. The summed E-state index contributed by atoms with van der Waals surface area (Å²) in [6, 6.07) is 8.75. The van der Waals surface area contributed by atoms with Crippen LogP contribution in [0, 0.1) is 11.8 Å². The van der Waals surface area contributed by atoms with E-state index in [2.05, 4.69) is 0 Å². The maximum Gasteiger partial charge on any atom is 0.329 e. The van der Waals surface area contributed by atoms with Gasteiger partial charge in [-0.05, 0) is 99.3 Å². The smallest absolute Gasteiger partial charge is 0.329 e. The number of aliphatic hydroxyl groups is 1. The first-order valence-corrected chi connectivity index (χ1v) is 27.2. The normalized spacial score (nSPS) is 25.3. The lowest BCUT2D eigenvalue weighted by Crippen LogP contribution is -2.56. The van der Waals surface area contributed by atoms with E-state index in [1.165, 1.54) is 69.7 Å². The van der Waals surface area contributed by atoms with E-state index >= 15 is 8.78 Å². The van der Waals surface area contributed by atoms with Crippen LogP contribution < -0.4 is 0 Å². The fraction of sp³-hybridized carbons (Fsp3) is 0.683. The van der Waals surface area contributed by atoms with Crippen LogP contribution in [0.4, 0.5) is 8.78 Å². The van der Waals surface area contributed by atoms with Crippen molar-refractivity contribution < 1.29 is 66.4 Å². The van der Waals surface area contributed by atoms with Gasteiger partial charge in [0.2, 0.25) is 0 Å². The molecule has 1 aliphatic heterocycles. The highest BCUT2D eigenvalue weighted by Crippen LogP contribution is 2.29. The Bertz CT molecular complexity index is 2370. The molecule has 9 atom stereocenters. The fourth-order valence-corrected chi connectivity index (χ4v) is 9.30. The van der Waals surface area contributed by atoms with Crippen molar-refractivity contribution in [2.75, 3.05) is 28.2 Å². The van der Waals surface area contributed by atoms with Crippen LogP contribution in [-0.2, 0) is 76.2 Å². The standard InChI is InChI=1S/C60H92F2N4O12/c1-35(2)29-43-53(71)77-47(31-39-21-25-41(26-22-39)57(7,8)9)51(69)65(19)46(34-60(15,16)62)56(74)76-38(6)50(68)64(18)44(30-36(3)4)54(72)78-48(32-40-23-27-42(28-24-40)58(10,11)12)52(70)66(20)45(33-59(13,14)61)55(73)75-37(5)49(67)63(43)17/h21-28,35-38,43-48,53,71H,29-34H2,1-20H3/t37-,38-,43+,44+,45?,46+,47-,48-,53?/m1/s1. The van der Waals surface area contributed by atoms with Gasteiger partial charge in [-0.25, -0.2) is 23.2 Å². The Labute approximate surface area is 463 Å². The van der Waals surface area contributed by atoms with E-state index < -0.39 is 121 Å². The topological polar surface area (TPSA) is 190 Å². The Morgan fingerprint density at radius 2 is 0.821 bits per heavy atom. The number of alkyl halides is 2. The molecule has 4 amide bonds. The summed E-state index contributed by atoms with van der Waals surface area (Å²) in [7, 11) is 5.16. The molecule has 1 N–H and O–H groups in total. The van der Waals surface area contributed by atoms with E-state index in [0.717, 1.165) is 30.7 Å². The predicted molar refractivity (Wildman–Crippen MR) is 294 cm³/mol. The van der Waals surface area contributed by atoms with Gasteiger partial charge in [-0.1, -0.05) is 118 Å². The second kappa shape index (κ2) is 27.1. The summed E-state index contributed by atoms with van der Waals surface area (Å²) in [5.74, 6) is -7.24. The molecular formula is C60H92F2N4O12. The van der Waals surface area contributed by atoms with Gasteiger partial charge in [0.15, 0.2) is 24.6 Å². The Morgan fingerprint density at radius 1 is 0.487 bits per heavy atom. The van der Waals surface area contributed by atoms with E-state index in [9.17, 15) is 38.7 Å². The predicted octanol–water partition coefficient (Wildman–Crippen LogP) is 8.24. The molecule has 2 unspecified atom stereocenters. The number of nitrogens with zero attached hydrogens (tertiary/aromatic N) is 4. The minimum atomic E-state index is -2.09. The van der Waals surface area contributed by atoms with E-state index in [1.54, 1.807) is 38.1 Å². The minimum absolute atomic E-state index is 0.00419. The van der Waals surface area contributed by atoms with Crippen molar-refractivity contribution >= 4 is 41.5 Å². The summed E-state index contributed by atoms with van der Waals surface area (Å²) >= 11 is 0. The zero-order valence-electron chi connectivity index (χ0n) is 50.2. The summed E-state index contributed by atoms with van der Waals surface area (Å²) in [5, 5.41) is 12.1. The van der Waals surface area contributed by atoms with Crippen molar-refractivity contribution in [3.8, 4) is 0 Å². The molecule has 0 radical (unpaired) electrons. The molecule has 1 saturated heterocycles. The molecule has 0 saturated carbocycles. The highest BCUT2D eigenvalue weighted by atomic mass is 19.1. The van der Waals surface area contributed by atoms with Gasteiger partial charge in [0, 0.05) is 53.9 Å². The zero-order chi connectivity index (χ0) is 59.7. The van der Waals surface area contributed by atoms with Gasteiger partial charge >= 0.3 is 17.9 Å². The molecule has 1 aliphatic rings. The second-order valence-electron chi connectivity index (χ2n) is 25.4. The van der Waals surface area contributed by atoms with Crippen LogP contribution in [0.2, 0.25) is 0 Å². The lowest BCUT2D eigenvalue weighted by molar-refractivity contribution is -0.194. The molecule has 3 rings (SSSR count). The molecule has 1 fully saturated rings. The van der Waals surface area contributed by atoms with E-state index in [-0.39, 0.29) is 48.3 Å². The quantitative estimate of drug-likeness (QED) is 0.159. The van der Waals surface area contributed by atoms with Crippen LogP contribution in [0.3, 0.4) is 0 Å². The van der Waals surface area contributed by atoms with Crippen LogP contribution in [0.15, 0.2) is 48.5 Å². The van der Waals surface area contributed by atoms with Crippen LogP contribution in [0.5, 0.6) is 0 Å². The zero-order valence-corrected chi connectivity index (χ0v) is 50.2. The monoisotopic (exact) mass is 1100 g/mol. The van der Waals surface area contributed by atoms with Gasteiger partial charge in [0.25, 0.3) is 23.6 Å². The van der Waals surface area contributed by atoms with Gasteiger partial charge in [-0.3, -0.25) is 19.2 Å². The van der Waals surface area contributed by atoms with Crippen LogP contribution >= 0.6 is 0 Å². The molecular weight excluding hydrogens is 1010 g/mol. The van der Waals surface area contributed by atoms with Gasteiger partial charge < -0.3 is 43.7 Å². The number of ether oxygens (including phenoxy) is 4.